The average Bonchev–Trinajstić information content (AvgIpc) is 2.05. The lowest BCUT2D eigenvalue weighted by Crippen LogP contribution is -2.15. The monoisotopic (exact) mass is 148 g/mol. The number of hydrogen-bond acceptors (Lipinski definition) is 2. The molecule has 0 atom stereocenters. The molecule has 1 rings (SSSR count). The Labute approximate surface area is 67.2 Å². The fraction of sp³-hybridized carbons (Fsp3) is 0.444. The summed E-state index contributed by atoms with van der Waals surface area (Å²) in [4.78, 5) is 0. The van der Waals surface area contributed by atoms with Crippen LogP contribution in [0.2, 0.25) is 0 Å². The van der Waals surface area contributed by atoms with E-state index in [1.807, 2.05) is 12.3 Å². The molecule has 0 aromatic rings. The molecular formula is C9H12N2. The molecule has 0 aromatic heterocycles. The maximum Gasteiger partial charge on any atom is 0.0966 e. The first kappa shape index (κ1) is 7.87. The number of nitriles is 1. The van der Waals surface area contributed by atoms with E-state index in [4.69, 9.17) is 5.26 Å². The van der Waals surface area contributed by atoms with Gasteiger partial charge in [0.25, 0.3) is 0 Å². The van der Waals surface area contributed by atoms with E-state index in [1.54, 1.807) is 0 Å². The van der Waals surface area contributed by atoms with E-state index in [2.05, 4.69) is 25.2 Å². The molecule has 0 aromatic carbocycles. The zero-order valence-electron chi connectivity index (χ0n) is 6.89. The van der Waals surface area contributed by atoms with Gasteiger partial charge in [0.1, 0.15) is 0 Å². The fourth-order valence-corrected chi connectivity index (χ4v) is 0.978. The van der Waals surface area contributed by atoms with E-state index in [0.717, 1.165) is 5.57 Å². The molecule has 0 unspecified atom stereocenters. The molecule has 2 nitrogen and oxygen atoms in total. The summed E-state index contributed by atoms with van der Waals surface area (Å²) in [5.41, 5.74) is 2.02. The van der Waals surface area contributed by atoms with Crippen molar-refractivity contribution in [2.24, 2.45) is 5.92 Å². The van der Waals surface area contributed by atoms with Crippen LogP contribution in [0.25, 0.3) is 0 Å². The summed E-state index contributed by atoms with van der Waals surface area (Å²) in [6.07, 6.45) is 3.94. The first-order valence-corrected chi connectivity index (χ1v) is 3.78. The van der Waals surface area contributed by atoms with Crippen molar-refractivity contribution in [2.45, 2.75) is 13.8 Å². The van der Waals surface area contributed by atoms with Crippen LogP contribution >= 0.6 is 0 Å². The van der Waals surface area contributed by atoms with E-state index in [1.165, 1.54) is 5.57 Å². The number of allylic oxidation sites excluding steroid dienone is 2. The Morgan fingerprint density at radius 3 is 2.91 bits per heavy atom. The van der Waals surface area contributed by atoms with Crippen molar-refractivity contribution >= 4 is 0 Å². The summed E-state index contributed by atoms with van der Waals surface area (Å²) in [6, 6.07) is 2.15. The van der Waals surface area contributed by atoms with Gasteiger partial charge in [0, 0.05) is 18.3 Å². The molecule has 1 heterocycles. The number of rotatable bonds is 1. The lowest BCUT2D eigenvalue weighted by Gasteiger charge is -2.13. The summed E-state index contributed by atoms with van der Waals surface area (Å²) in [5.74, 6) is 0.492. The van der Waals surface area contributed by atoms with Gasteiger partial charge in [-0.1, -0.05) is 13.8 Å². The first-order chi connectivity index (χ1) is 5.24. The van der Waals surface area contributed by atoms with Crippen molar-refractivity contribution in [3.05, 3.63) is 23.4 Å². The number of hydrogen-bond donors (Lipinski definition) is 1. The molecule has 1 aliphatic rings. The van der Waals surface area contributed by atoms with Crippen molar-refractivity contribution in [3.8, 4) is 6.07 Å². The van der Waals surface area contributed by atoms with E-state index < -0.39 is 0 Å². The van der Waals surface area contributed by atoms with Crippen LogP contribution in [0.1, 0.15) is 13.8 Å². The standard InChI is InChI=1S/C9H12N2/c1-7(2)9-3-8(4-10)5-11-6-9/h3,6-7,11H,5H2,1-2H3. The molecular weight excluding hydrogens is 136 g/mol. The molecule has 11 heavy (non-hydrogen) atoms. The van der Waals surface area contributed by atoms with Gasteiger partial charge in [-0.3, -0.25) is 0 Å². The Balaban J connectivity index is 2.78. The minimum atomic E-state index is 0.492. The second-order valence-corrected chi connectivity index (χ2v) is 2.96. The van der Waals surface area contributed by atoms with Crippen LogP contribution in [0.15, 0.2) is 23.4 Å². The first-order valence-electron chi connectivity index (χ1n) is 3.78. The Bertz CT molecular complexity index is 241. The third-order valence-corrected chi connectivity index (χ3v) is 1.71. The van der Waals surface area contributed by atoms with Crippen molar-refractivity contribution in [2.75, 3.05) is 6.54 Å². The Morgan fingerprint density at radius 1 is 1.64 bits per heavy atom. The fourth-order valence-electron chi connectivity index (χ4n) is 0.978. The summed E-state index contributed by atoms with van der Waals surface area (Å²) >= 11 is 0. The summed E-state index contributed by atoms with van der Waals surface area (Å²) in [7, 11) is 0. The number of nitrogens with zero attached hydrogens (tertiary/aromatic N) is 1. The zero-order valence-corrected chi connectivity index (χ0v) is 6.89. The van der Waals surface area contributed by atoms with Gasteiger partial charge in [0.05, 0.1) is 6.07 Å². The van der Waals surface area contributed by atoms with Crippen LogP contribution in [0.4, 0.5) is 0 Å². The maximum absolute atomic E-state index is 8.61. The molecule has 2 heteroatoms. The van der Waals surface area contributed by atoms with Crippen molar-refractivity contribution < 1.29 is 0 Å². The number of dihydropyridines is 1. The third-order valence-electron chi connectivity index (χ3n) is 1.71. The SMILES string of the molecule is CC(C)C1=CNCC(C#N)=C1. The lowest BCUT2D eigenvalue weighted by molar-refractivity contribution is 0.760. The van der Waals surface area contributed by atoms with E-state index >= 15 is 0 Å². The summed E-state index contributed by atoms with van der Waals surface area (Å²) in [5, 5.41) is 11.7. The third kappa shape index (κ3) is 1.84. The molecule has 0 fully saturated rings. The van der Waals surface area contributed by atoms with Gasteiger partial charge in [-0.05, 0) is 17.6 Å². The lowest BCUT2D eigenvalue weighted by atomic mass is 10.00. The molecule has 0 radical (unpaired) electrons. The smallest absolute Gasteiger partial charge is 0.0966 e. The van der Waals surface area contributed by atoms with Gasteiger partial charge in [0.15, 0.2) is 0 Å². The molecule has 0 bridgehead atoms. The highest BCUT2D eigenvalue weighted by Gasteiger charge is 2.06. The number of nitrogens with one attached hydrogen (secondary N) is 1. The van der Waals surface area contributed by atoms with E-state index in [-0.39, 0.29) is 0 Å². The molecule has 0 amide bonds. The topological polar surface area (TPSA) is 35.8 Å². The van der Waals surface area contributed by atoms with Gasteiger partial charge in [-0.15, -0.1) is 0 Å². The van der Waals surface area contributed by atoms with Crippen LogP contribution in [-0.2, 0) is 0 Å². The van der Waals surface area contributed by atoms with Gasteiger partial charge >= 0.3 is 0 Å². The van der Waals surface area contributed by atoms with Crippen LogP contribution in [0, 0.1) is 17.2 Å². The molecule has 58 valence electrons. The normalized spacial score (nSPS) is 16.5. The molecule has 1 N–H and O–H groups in total. The molecule has 0 saturated heterocycles. The van der Waals surface area contributed by atoms with Crippen LogP contribution < -0.4 is 5.32 Å². The summed E-state index contributed by atoms with van der Waals surface area (Å²) in [6.45, 7) is 4.90. The van der Waals surface area contributed by atoms with Crippen LogP contribution in [-0.4, -0.2) is 6.54 Å². The van der Waals surface area contributed by atoms with E-state index in [9.17, 15) is 0 Å². The van der Waals surface area contributed by atoms with E-state index in [0.29, 0.717) is 12.5 Å². The predicted molar refractivity (Wildman–Crippen MR) is 44.6 cm³/mol. The molecule has 0 saturated carbocycles. The van der Waals surface area contributed by atoms with Gasteiger partial charge in [0.2, 0.25) is 0 Å². The summed E-state index contributed by atoms with van der Waals surface area (Å²) < 4.78 is 0. The average molecular weight is 148 g/mol. The minimum Gasteiger partial charge on any atom is -0.386 e. The highest BCUT2D eigenvalue weighted by atomic mass is 14.8. The van der Waals surface area contributed by atoms with Gasteiger partial charge in [-0.2, -0.15) is 5.26 Å². The largest absolute Gasteiger partial charge is 0.386 e. The van der Waals surface area contributed by atoms with Gasteiger partial charge < -0.3 is 5.32 Å². The molecule has 1 aliphatic heterocycles. The second-order valence-electron chi connectivity index (χ2n) is 2.96. The highest BCUT2D eigenvalue weighted by molar-refractivity contribution is 5.36. The zero-order chi connectivity index (χ0) is 8.27. The van der Waals surface area contributed by atoms with Crippen molar-refractivity contribution in [1.29, 1.82) is 5.26 Å². The predicted octanol–water partition coefficient (Wildman–Crippen LogP) is 1.58. The Morgan fingerprint density at radius 2 is 2.36 bits per heavy atom. The quantitative estimate of drug-likeness (QED) is 0.612. The van der Waals surface area contributed by atoms with Crippen molar-refractivity contribution in [1.82, 2.24) is 5.32 Å². The van der Waals surface area contributed by atoms with Crippen molar-refractivity contribution in [3.63, 3.8) is 0 Å². The Kier molecular flexibility index (Phi) is 2.32. The van der Waals surface area contributed by atoms with Crippen LogP contribution in [0.3, 0.4) is 0 Å². The van der Waals surface area contributed by atoms with Gasteiger partial charge in [-0.25, -0.2) is 0 Å². The van der Waals surface area contributed by atoms with Crippen LogP contribution in [0.5, 0.6) is 0 Å². The minimum absolute atomic E-state index is 0.492. The highest BCUT2D eigenvalue weighted by Crippen LogP contribution is 2.14. The maximum atomic E-state index is 8.61. The molecule has 0 spiro atoms. The molecule has 0 aliphatic carbocycles. The second kappa shape index (κ2) is 3.25. The Hall–Kier alpha value is -1.23.